The van der Waals surface area contributed by atoms with E-state index in [1.165, 1.54) is 26.9 Å². The van der Waals surface area contributed by atoms with E-state index in [0.29, 0.717) is 0 Å². The van der Waals surface area contributed by atoms with Gasteiger partial charge in [0.15, 0.2) is 0 Å². The Hall–Kier alpha value is -3.20. The molecule has 7 aromatic rings. The Kier molecular flexibility index (Phi) is 4.94. The van der Waals surface area contributed by atoms with Crippen LogP contribution in [0, 0.1) is 12.3 Å². The molecule has 0 bridgehead atoms. The Balaban J connectivity index is 0.00000206. The second-order valence-electron chi connectivity index (χ2n) is 8.20. The van der Waals surface area contributed by atoms with Crippen molar-refractivity contribution in [3.05, 3.63) is 109 Å². The molecule has 0 aliphatic carbocycles. The zero-order valence-electron chi connectivity index (χ0n) is 17.7. The summed E-state index contributed by atoms with van der Waals surface area (Å²) >= 11 is 0. The van der Waals surface area contributed by atoms with Gasteiger partial charge in [0.25, 0.3) is 0 Å². The van der Waals surface area contributed by atoms with Crippen molar-refractivity contribution in [3.8, 4) is 11.1 Å². The molecule has 0 N–H and O–H groups in total. The van der Waals surface area contributed by atoms with Crippen LogP contribution in [0.15, 0.2) is 97.2 Å². The number of pyridine rings is 2. The van der Waals surface area contributed by atoms with Crippen LogP contribution < -0.4 is 0 Å². The maximum Gasteiger partial charge on any atom is 0.0544 e. The van der Waals surface area contributed by atoms with Crippen LogP contribution in [0.4, 0.5) is 0 Å². The van der Waals surface area contributed by atoms with Gasteiger partial charge < -0.3 is 4.98 Å². The van der Waals surface area contributed by atoms with Crippen molar-refractivity contribution in [2.75, 3.05) is 0 Å². The number of hydrogen-bond donors (Lipinski definition) is 0. The Labute approximate surface area is 216 Å². The van der Waals surface area contributed by atoms with Crippen LogP contribution in [-0.2, 0) is 32.7 Å². The summed E-state index contributed by atoms with van der Waals surface area (Å²) < 4.78 is 0. The second kappa shape index (κ2) is 7.99. The molecule has 2 heterocycles. The van der Waals surface area contributed by atoms with Crippen LogP contribution in [0.25, 0.3) is 65.3 Å². The zero-order valence-corrected chi connectivity index (χ0v) is 20.5. The molecule has 0 unspecified atom stereocenters. The summed E-state index contributed by atoms with van der Waals surface area (Å²) in [4.78, 5) is 9.22. The molecule has 0 saturated heterocycles. The third kappa shape index (κ3) is 3.33. The molecule has 0 spiro atoms. The van der Waals surface area contributed by atoms with Gasteiger partial charge in [0.1, 0.15) is 0 Å². The minimum Gasteiger partial charge on any atom is -0.360 e. The van der Waals surface area contributed by atoms with Gasteiger partial charge in [-0.25, -0.2) is 11.1 Å². The molecule has 2 nitrogen and oxygen atoms in total. The first kappa shape index (κ1) is 20.4. The van der Waals surface area contributed by atoms with Crippen LogP contribution >= 0.6 is 0 Å². The van der Waals surface area contributed by atoms with Gasteiger partial charge in [0, 0.05) is 44.4 Å². The number of fused-ring (bicyclic) bond motifs is 6. The molecule has 0 amide bonds. The average molecular weight is 493 g/mol. The van der Waals surface area contributed by atoms with E-state index in [1.54, 1.807) is 0 Å². The van der Waals surface area contributed by atoms with Crippen molar-refractivity contribution in [1.82, 2.24) is 9.97 Å². The summed E-state index contributed by atoms with van der Waals surface area (Å²) in [6, 6.07) is 35.5. The van der Waals surface area contributed by atoms with Crippen molar-refractivity contribution in [2.24, 2.45) is 0 Å². The van der Waals surface area contributed by atoms with Crippen molar-refractivity contribution < 1.29 is 32.7 Å². The summed E-state index contributed by atoms with van der Waals surface area (Å²) in [5, 5.41) is 9.47. The Morgan fingerprint density at radius 3 is 2.15 bits per heavy atom. The number of hydrogen-bond acceptors (Lipinski definition) is 2. The Bertz CT molecular complexity index is 1840. The first-order valence-electron chi connectivity index (χ1n) is 10.7. The van der Waals surface area contributed by atoms with E-state index >= 15 is 0 Å². The van der Waals surface area contributed by atoms with Crippen LogP contribution in [0.1, 0.15) is 0 Å². The molecule has 0 aliphatic heterocycles. The Morgan fingerprint density at radius 2 is 1.30 bits per heavy atom. The third-order valence-electron chi connectivity index (χ3n) is 6.27. The fourth-order valence-corrected chi connectivity index (χ4v) is 4.69. The van der Waals surface area contributed by atoms with Gasteiger partial charge >= 0.3 is 0 Å². The predicted octanol–water partition coefficient (Wildman–Crippen LogP) is 7.51. The topological polar surface area (TPSA) is 25.8 Å². The third-order valence-corrected chi connectivity index (χ3v) is 6.27. The summed E-state index contributed by atoms with van der Waals surface area (Å²) in [5.74, 6) is 0. The summed E-state index contributed by atoms with van der Waals surface area (Å²) in [7, 11) is 0. The van der Waals surface area contributed by atoms with Crippen molar-refractivity contribution >= 4 is 54.1 Å². The van der Waals surface area contributed by atoms with Crippen LogP contribution in [0.5, 0.6) is 0 Å². The molecule has 0 atom stereocenters. The molecule has 7 rings (SSSR count). The van der Waals surface area contributed by atoms with E-state index < -0.39 is 0 Å². The smallest absolute Gasteiger partial charge is 0.0544 e. The summed E-state index contributed by atoms with van der Waals surface area (Å²) in [5.41, 5.74) is 3.75. The van der Waals surface area contributed by atoms with Gasteiger partial charge in [0.2, 0.25) is 0 Å². The minimum absolute atomic E-state index is 0. The molecular formula is C30H16N2Y-2. The van der Waals surface area contributed by atoms with Gasteiger partial charge in [-0.3, -0.25) is 4.98 Å². The predicted molar refractivity (Wildman–Crippen MR) is 133 cm³/mol. The number of benzene rings is 5. The SMILES string of the molecule is [Y].[c-]1nc2c(ccc3cccnc32)cc1-c1[c-]ccc2cc3cc4ccccc4cc3cc12. The quantitative estimate of drug-likeness (QED) is 0.134. The molecule has 3 heteroatoms. The van der Waals surface area contributed by atoms with Gasteiger partial charge in [-0.05, 0) is 45.1 Å². The standard InChI is InChI=1S/C30H16N2.Y/c1-2-6-21-14-25-17-28-22(15-24(25)13-20(21)5-1)7-3-9-27(28)26-16-23-11-10-19-8-4-12-31-29(19)30(23)32-18-26;/h1-8,10-17H;/q-2;. The molecule has 0 aliphatic rings. The summed E-state index contributed by atoms with van der Waals surface area (Å²) in [6.07, 6.45) is 5.08. The Morgan fingerprint density at radius 1 is 0.576 bits per heavy atom. The fraction of sp³-hybridized carbons (Fsp3) is 0. The second-order valence-corrected chi connectivity index (χ2v) is 8.20. The molecular weight excluding hydrogens is 477 g/mol. The van der Waals surface area contributed by atoms with Crippen LogP contribution in [-0.4, -0.2) is 9.97 Å². The number of rotatable bonds is 1. The zero-order chi connectivity index (χ0) is 21.1. The van der Waals surface area contributed by atoms with Gasteiger partial charge in [-0.2, -0.15) is 18.2 Å². The van der Waals surface area contributed by atoms with Crippen molar-refractivity contribution in [2.45, 2.75) is 0 Å². The average Bonchev–Trinajstić information content (AvgIpc) is 2.85. The maximum atomic E-state index is 4.69. The first-order valence-corrected chi connectivity index (χ1v) is 10.7. The van der Waals surface area contributed by atoms with Crippen LogP contribution in [0.2, 0.25) is 0 Å². The van der Waals surface area contributed by atoms with Crippen molar-refractivity contribution in [1.29, 1.82) is 0 Å². The minimum atomic E-state index is 0. The van der Waals surface area contributed by atoms with Gasteiger partial charge in [0.05, 0.1) is 5.52 Å². The van der Waals surface area contributed by atoms with E-state index in [0.717, 1.165) is 38.3 Å². The number of aromatic nitrogens is 2. The molecule has 33 heavy (non-hydrogen) atoms. The molecule has 5 aromatic carbocycles. The van der Waals surface area contributed by atoms with E-state index in [2.05, 4.69) is 101 Å². The van der Waals surface area contributed by atoms with Gasteiger partial charge in [-0.15, -0.1) is 16.8 Å². The van der Waals surface area contributed by atoms with Crippen LogP contribution in [0.3, 0.4) is 0 Å². The summed E-state index contributed by atoms with van der Waals surface area (Å²) in [6.45, 7) is 0. The van der Waals surface area contributed by atoms with E-state index in [4.69, 9.17) is 0 Å². The monoisotopic (exact) mass is 493 g/mol. The fourth-order valence-electron chi connectivity index (χ4n) is 4.69. The van der Waals surface area contributed by atoms with Crippen molar-refractivity contribution in [3.63, 3.8) is 0 Å². The molecule has 1 radical (unpaired) electrons. The van der Waals surface area contributed by atoms with E-state index in [9.17, 15) is 0 Å². The molecule has 0 saturated carbocycles. The largest absolute Gasteiger partial charge is 0.360 e. The number of nitrogens with zero attached hydrogens (tertiary/aromatic N) is 2. The molecule has 0 fully saturated rings. The van der Waals surface area contributed by atoms with E-state index in [1.807, 2.05) is 18.3 Å². The van der Waals surface area contributed by atoms with E-state index in [-0.39, 0.29) is 32.7 Å². The van der Waals surface area contributed by atoms with Gasteiger partial charge in [-0.1, -0.05) is 66.2 Å². The maximum absolute atomic E-state index is 4.69. The first-order chi connectivity index (χ1) is 15.8. The molecule has 2 aromatic heterocycles. The normalized spacial score (nSPS) is 11.4. The molecule has 151 valence electrons.